The van der Waals surface area contributed by atoms with Crippen LogP contribution in [-0.2, 0) is 11.3 Å². The van der Waals surface area contributed by atoms with E-state index in [9.17, 15) is 18.7 Å². The number of carbonyl (C=O) groups excluding carboxylic acids is 1. The number of rotatable bonds is 5. The first-order valence-electron chi connectivity index (χ1n) is 9.52. The molecule has 1 fully saturated rings. The molecule has 1 aliphatic rings. The highest BCUT2D eigenvalue weighted by molar-refractivity contribution is 6.32. The molecule has 3 rings (SSSR count). The monoisotopic (exact) mass is 433 g/mol. The van der Waals surface area contributed by atoms with Crippen LogP contribution in [-0.4, -0.2) is 40.6 Å². The summed E-state index contributed by atoms with van der Waals surface area (Å²) < 4.78 is 28.0. The molecule has 1 saturated heterocycles. The molecule has 30 heavy (non-hydrogen) atoms. The summed E-state index contributed by atoms with van der Waals surface area (Å²) in [5.41, 5.74) is -0.387. The van der Waals surface area contributed by atoms with Crippen molar-refractivity contribution in [2.24, 2.45) is 0 Å². The Hall–Kier alpha value is -2.69. The number of amides is 1. The van der Waals surface area contributed by atoms with Crippen LogP contribution in [0.4, 0.5) is 14.5 Å². The SMILES string of the molecule is CC(C)(O)C(=O)N1CCC(N(Cc2cc(F)ccc2F)c2ccc(C#N)c(Cl)c2)C1. The third-order valence-electron chi connectivity index (χ3n) is 5.17. The molecule has 0 bridgehead atoms. The minimum atomic E-state index is -1.49. The standard InChI is InChI=1S/C22H22ClF2N3O2/c1-22(2,30)21(29)27-8-7-18(13-27)28(12-15-9-16(24)4-6-20(15)25)17-5-3-14(11-26)19(23)10-17/h3-6,9-10,18,30H,7-8,12-13H2,1-2H3. The minimum Gasteiger partial charge on any atom is -0.381 e. The second kappa shape index (κ2) is 8.58. The van der Waals surface area contributed by atoms with Crippen LogP contribution < -0.4 is 4.90 Å². The molecule has 0 saturated carbocycles. The number of halogens is 3. The Balaban J connectivity index is 1.94. The molecule has 1 heterocycles. The lowest BCUT2D eigenvalue weighted by molar-refractivity contribution is -0.146. The summed E-state index contributed by atoms with van der Waals surface area (Å²) in [5.74, 6) is -1.47. The van der Waals surface area contributed by atoms with Gasteiger partial charge in [0.1, 0.15) is 23.3 Å². The fraction of sp³-hybridized carbons (Fsp3) is 0.364. The normalized spacial score (nSPS) is 16.4. The number of likely N-dealkylation sites (tertiary alicyclic amines) is 1. The molecule has 1 N–H and O–H groups in total. The van der Waals surface area contributed by atoms with Crippen molar-refractivity contribution in [3.8, 4) is 6.07 Å². The lowest BCUT2D eigenvalue weighted by Crippen LogP contribution is -2.46. The zero-order valence-electron chi connectivity index (χ0n) is 16.7. The lowest BCUT2D eigenvalue weighted by atomic mass is 10.1. The minimum absolute atomic E-state index is 0.0566. The third-order valence-corrected chi connectivity index (χ3v) is 5.48. The summed E-state index contributed by atoms with van der Waals surface area (Å²) in [6.07, 6.45) is 0.580. The van der Waals surface area contributed by atoms with Crippen molar-refractivity contribution >= 4 is 23.2 Å². The smallest absolute Gasteiger partial charge is 0.254 e. The molecule has 5 nitrogen and oxygen atoms in total. The van der Waals surface area contributed by atoms with Gasteiger partial charge < -0.3 is 14.9 Å². The molecular weight excluding hydrogens is 412 g/mol. The predicted molar refractivity (Wildman–Crippen MR) is 110 cm³/mol. The molecule has 1 unspecified atom stereocenters. The molecule has 0 spiro atoms. The van der Waals surface area contributed by atoms with Gasteiger partial charge in [0.15, 0.2) is 0 Å². The quantitative estimate of drug-likeness (QED) is 0.777. The van der Waals surface area contributed by atoms with E-state index in [4.69, 9.17) is 16.9 Å². The Labute approximate surface area is 179 Å². The largest absolute Gasteiger partial charge is 0.381 e. The van der Waals surface area contributed by atoms with Crippen LogP contribution in [0.3, 0.4) is 0 Å². The van der Waals surface area contributed by atoms with Gasteiger partial charge in [0.2, 0.25) is 0 Å². The maximum absolute atomic E-state index is 14.3. The topological polar surface area (TPSA) is 67.6 Å². The Morgan fingerprint density at radius 3 is 2.70 bits per heavy atom. The maximum Gasteiger partial charge on any atom is 0.254 e. The highest BCUT2D eigenvalue weighted by Crippen LogP contribution is 2.30. The van der Waals surface area contributed by atoms with E-state index in [0.717, 1.165) is 18.2 Å². The van der Waals surface area contributed by atoms with Crippen LogP contribution in [0.5, 0.6) is 0 Å². The van der Waals surface area contributed by atoms with E-state index in [-0.39, 0.29) is 29.1 Å². The zero-order chi connectivity index (χ0) is 22.1. The van der Waals surface area contributed by atoms with E-state index >= 15 is 0 Å². The average Bonchev–Trinajstić information content (AvgIpc) is 3.16. The van der Waals surface area contributed by atoms with Gasteiger partial charge in [-0.25, -0.2) is 8.78 Å². The fourth-order valence-electron chi connectivity index (χ4n) is 3.62. The Bertz CT molecular complexity index is 1000. The second-order valence-corrected chi connectivity index (χ2v) is 8.30. The highest BCUT2D eigenvalue weighted by Gasteiger charge is 2.36. The van der Waals surface area contributed by atoms with E-state index in [1.807, 2.05) is 11.0 Å². The van der Waals surface area contributed by atoms with E-state index in [1.165, 1.54) is 13.8 Å². The van der Waals surface area contributed by atoms with Crippen molar-refractivity contribution in [1.82, 2.24) is 4.90 Å². The number of hydrogen-bond donors (Lipinski definition) is 1. The van der Waals surface area contributed by atoms with Crippen molar-refractivity contribution in [2.45, 2.75) is 38.5 Å². The van der Waals surface area contributed by atoms with Gasteiger partial charge in [-0.05, 0) is 56.7 Å². The molecule has 0 aromatic heterocycles. The number of hydrogen-bond acceptors (Lipinski definition) is 4. The molecule has 158 valence electrons. The van der Waals surface area contributed by atoms with E-state index in [2.05, 4.69) is 0 Å². The van der Waals surface area contributed by atoms with Crippen molar-refractivity contribution < 1.29 is 18.7 Å². The molecule has 2 aromatic carbocycles. The molecule has 1 aliphatic heterocycles. The summed E-state index contributed by atoms with van der Waals surface area (Å²) in [4.78, 5) is 15.9. The first-order valence-corrected chi connectivity index (χ1v) is 9.90. The fourth-order valence-corrected chi connectivity index (χ4v) is 3.84. The van der Waals surface area contributed by atoms with Gasteiger partial charge in [0.05, 0.1) is 10.6 Å². The highest BCUT2D eigenvalue weighted by atomic mass is 35.5. The van der Waals surface area contributed by atoms with E-state index < -0.39 is 17.2 Å². The van der Waals surface area contributed by atoms with Gasteiger partial charge in [0.25, 0.3) is 5.91 Å². The van der Waals surface area contributed by atoms with Gasteiger partial charge in [-0.3, -0.25) is 4.79 Å². The summed E-state index contributed by atoms with van der Waals surface area (Å²) in [7, 11) is 0. The van der Waals surface area contributed by atoms with Crippen LogP contribution in [0.2, 0.25) is 5.02 Å². The van der Waals surface area contributed by atoms with E-state index in [0.29, 0.717) is 30.8 Å². The summed E-state index contributed by atoms with van der Waals surface area (Å²) in [5, 5.41) is 19.4. The molecular formula is C22H22ClF2N3O2. The number of anilines is 1. The third kappa shape index (κ3) is 4.72. The van der Waals surface area contributed by atoms with Crippen molar-refractivity contribution in [3.63, 3.8) is 0 Å². The maximum atomic E-state index is 14.3. The molecule has 0 radical (unpaired) electrons. The number of benzene rings is 2. The van der Waals surface area contributed by atoms with Gasteiger partial charge in [-0.15, -0.1) is 0 Å². The predicted octanol–water partition coefficient (Wildman–Crippen LogP) is 3.87. The number of carbonyl (C=O) groups is 1. The van der Waals surface area contributed by atoms with Crippen LogP contribution >= 0.6 is 11.6 Å². The van der Waals surface area contributed by atoms with Crippen molar-refractivity contribution in [1.29, 1.82) is 5.26 Å². The molecule has 1 atom stereocenters. The number of nitrogens with zero attached hydrogens (tertiary/aromatic N) is 3. The summed E-state index contributed by atoms with van der Waals surface area (Å²) >= 11 is 6.20. The van der Waals surface area contributed by atoms with Crippen LogP contribution in [0.1, 0.15) is 31.4 Å². The van der Waals surface area contributed by atoms with Gasteiger partial charge in [-0.2, -0.15) is 5.26 Å². The van der Waals surface area contributed by atoms with Gasteiger partial charge >= 0.3 is 0 Å². The summed E-state index contributed by atoms with van der Waals surface area (Å²) in [6, 6.07) is 9.94. The van der Waals surface area contributed by atoms with E-state index in [1.54, 1.807) is 23.1 Å². The van der Waals surface area contributed by atoms with Crippen molar-refractivity contribution in [3.05, 3.63) is 64.2 Å². The van der Waals surface area contributed by atoms with Gasteiger partial charge in [-0.1, -0.05) is 11.6 Å². The van der Waals surface area contributed by atoms with Crippen LogP contribution in [0.25, 0.3) is 0 Å². The Morgan fingerprint density at radius 2 is 2.07 bits per heavy atom. The molecule has 8 heteroatoms. The molecule has 1 amide bonds. The van der Waals surface area contributed by atoms with Gasteiger partial charge in [0, 0.05) is 36.9 Å². The Morgan fingerprint density at radius 1 is 1.33 bits per heavy atom. The molecule has 0 aliphatic carbocycles. The number of nitriles is 1. The van der Waals surface area contributed by atoms with Crippen LogP contribution in [0, 0.1) is 23.0 Å². The Kier molecular flexibility index (Phi) is 6.30. The second-order valence-electron chi connectivity index (χ2n) is 7.89. The number of aliphatic hydroxyl groups is 1. The molecule has 2 aromatic rings. The van der Waals surface area contributed by atoms with Crippen molar-refractivity contribution in [2.75, 3.05) is 18.0 Å². The average molecular weight is 434 g/mol. The zero-order valence-corrected chi connectivity index (χ0v) is 17.5. The van der Waals surface area contributed by atoms with Crippen LogP contribution in [0.15, 0.2) is 36.4 Å². The first-order chi connectivity index (χ1) is 14.1. The lowest BCUT2D eigenvalue weighted by Gasteiger charge is -2.32. The summed E-state index contributed by atoms with van der Waals surface area (Å²) in [6.45, 7) is 3.67. The first kappa shape index (κ1) is 22.0.